The topological polar surface area (TPSA) is 84.9 Å². The Labute approximate surface area is 88.6 Å². The first-order chi connectivity index (χ1) is 6.93. The van der Waals surface area contributed by atoms with Crippen LogP contribution >= 0.6 is 0 Å². The first-order valence-corrected chi connectivity index (χ1v) is 4.68. The van der Waals surface area contributed by atoms with Gasteiger partial charge in [-0.25, -0.2) is 4.79 Å². The lowest BCUT2D eigenvalue weighted by molar-refractivity contribution is -0.155. The molecule has 6 nitrogen and oxygen atoms in total. The van der Waals surface area contributed by atoms with Gasteiger partial charge in [-0.3, -0.25) is 4.79 Å². The summed E-state index contributed by atoms with van der Waals surface area (Å²) in [5, 5.41) is 11.1. The Balaban J connectivity index is 3.51. The number of amides is 1. The summed E-state index contributed by atoms with van der Waals surface area (Å²) < 4.78 is 9.11. The van der Waals surface area contributed by atoms with Crippen molar-refractivity contribution in [3.63, 3.8) is 0 Å². The molecule has 88 valence electrons. The first kappa shape index (κ1) is 13.7. The highest BCUT2D eigenvalue weighted by molar-refractivity contribution is 5.71. The summed E-state index contributed by atoms with van der Waals surface area (Å²) in [5.41, 5.74) is 0. The zero-order valence-electron chi connectivity index (χ0n) is 9.15. The minimum Gasteiger partial charge on any atom is -0.428 e. The third-order valence-electron chi connectivity index (χ3n) is 1.40. The van der Waals surface area contributed by atoms with E-state index < -0.39 is 25.0 Å². The van der Waals surface area contributed by atoms with Crippen LogP contribution in [0.15, 0.2) is 0 Å². The Morgan fingerprint density at radius 1 is 1.27 bits per heavy atom. The highest BCUT2D eigenvalue weighted by Crippen LogP contribution is 1.95. The van der Waals surface area contributed by atoms with Crippen molar-refractivity contribution in [2.24, 2.45) is 5.92 Å². The molecule has 0 aromatic heterocycles. The third kappa shape index (κ3) is 7.75. The number of carbonyl (C=O) groups excluding carboxylic acids is 2. The van der Waals surface area contributed by atoms with Crippen molar-refractivity contribution in [3.8, 4) is 0 Å². The van der Waals surface area contributed by atoms with E-state index in [1.165, 1.54) is 6.92 Å². The third-order valence-corrected chi connectivity index (χ3v) is 1.40. The number of hydrogen-bond acceptors (Lipinski definition) is 5. The molecule has 0 saturated heterocycles. The molecule has 0 aliphatic rings. The molecule has 0 spiro atoms. The summed E-state index contributed by atoms with van der Waals surface area (Å²) in [7, 11) is 0. The van der Waals surface area contributed by atoms with Crippen molar-refractivity contribution in [2.75, 3.05) is 13.3 Å². The second-order valence-corrected chi connectivity index (χ2v) is 3.40. The Morgan fingerprint density at radius 3 is 2.33 bits per heavy atom. The zero-order valence-corrected chi connectivity index (χ0v) is 9.15. The maximum absolute atomic E-state index is 10.9. The van der Waals surface area contributed by atoms with Crippen LogP contribution in [0.25, 0.3) is 0 Å². The van der Waals surface area contributed by atoms with Crippen LogP contribution < -0.4 is 5.32 Å². The van der Waals surface area contributed by atoms with Crippen LogP contribution in [0.2, 0.25) is 0 Å². The van der Waals surface area contributed by atoms with Crippen LogP contribution in [0.4, 0.5) is 4.79 Å². The molecular weight excluding hydrogens is 202 g/mol. The smallest absolute Gasteiger partial charge is 0.410 e. The molecule has 0 aliphatic heterocycles. The predicted octanol–water partition coefficient (Wildman–Crippen LogP) is 0.250. The van der Waals surface area contributed by atoms with Gasteiger partial charge in [0.2, 0.25) is 6.79 Å². The first-order valence-electron chi connectivity index (χ1n) is 4.68. The van der Waals surface area contributed by atoms with Crippen LogP contribution in [0.3, 0.4) is 0 Å². The molecule has 0 heterocycles. The van der Waals surface area contributed by atoms with E-state index in [-0.39, 0.29) is 12.5 Å². The van der Waals surface area contributed by atoms with Gasteiger partial charge in [0.05, 0.1) is 12.0 Å². The van der Waals surface area contributed by atoms with Gasteiger partial charge in [-0.05, 0) is 6.92 Å². The fourth-order valence-electron chi connectivity index (χ4n) is 0.590. The molecule has 2 N–H and O–H groups in total. The molecule has 0 unspecified atom stereocenters. The Hall–Kier alpha value is -1.30. The lowest BCUT2D eigenvalue weighted by Gasteiger charge is -2.09. The van der Waals surface area contributed by atoms with Crippen molar-refractivity contribution in [2.45, 2.75) is 26.9 Å². The van der Waals surface area contributed by atoms with Gasteiger partial charge >= 0.3 is 12.1 Å². The van der Waals surface area contributed by atoms with Gasteiger partial charge in [-0.2, -0.15) is 0 Å². The molecular formula is C9H17NO5. The number of rotatable bonds is 5. The summed E-state index contributed by atoms with van der Waals surface area (Å²) in [4.78, 5) is 21.8. The highest BCUT2D eigenvalue weighted by Gasteiger charge is 2.09. The number of ether oxygens (including phenoxy) is 2. The molecule has 0 fully saturated rings. The largest absolute Gasteiger partial charge is 0.428 e. The monoisotopic (exact) mass is 219 g/mol. The molecule has 6 heteroatoms. The maximum atomic E-state index is 10.9. The van der Waals surface area contributed by atoms with E-state index in [2.05, 4.69) is 14.8 Å². The van der Waals surface area contributed by atoms with Crippen molar-refractivity contribution in [3.05, 3.63) is 0 Å². The Bertz CT molecular complexity index is 215. The fourth-order valence-corrected chi connectivity index (χ4v) is 0.590. The van der Waals surface area contributed by atoms with Crippen molar-refractivity contribution >= 4 is 12.1 Å². The van der Waals surface area contributed by atoms with Gasteiger partial charge in [0.15, 0.2) is 0 Å². The van der Waals surface area contributed by atoms with Gasteiger partial charge in [0.1, 0.15) is 0 Å². The molecule has 15 heavy (non-hydrogen) atoms. The maximum Gasteiger partial charge on any atom is 0.410 e. The molecule has 1 amide bonds. The second-order valence-electron chi connectivity index (χ2n) is 3.40. The molecule has 0 radical (unpaired) electrons. The van der Waals surface area contributed by atoms with E-state index in [1.54, 1.807) is 13.8 Å². The zero-order chi connectivity index (χ0) is 11.8. The van der Waals surface area contributed by atoms with E-state index >= 15 is 0 Å². The van der Waals surface area contributed by atoms with Crippen LogP contribution in [0, 0.1) is 5.92 Å². The number of aliphatic hydroxyl groups is 1. The van der Waals surface area contributed by atoms with Crippen molar-refractivity contribution in [1.82, 2.24) is 5.32 Å². The Kier molecular flexibility index (Phi) is 6.44. The summed E-state index contributed by atoms with van der Waals surface area (Å²) in [6, 6.07) is 0. The number of carbonyl (C=O) groups is 2. The normalized spacial score (nSPS) is 12.1. The number of esters is 1. The lowest BCUT2D eigenvalue weighted by atomic mass is 10.2. The molecule has 1 atom stereocenters. The lowest BCUT2D eigenvalue weighted by Crippen LogP contribution is -2.32. The van der Waals surface area contributed by atoms with E-state index in [9.17, 15) is 9.59 Å². The average molecular weight is 219 g/mol. The minimum atomic E-state index is -0.729. The summed E-state index contributed by atoms with van der Waals surface area (Å²) in [6.45, 7) is 4.56. The number of aliphatic hydroxyl groups excluding tert-OH is 1. The molecule has 0 saturated carbocycles. The van der Waals surface area contributed by atoms with E-state index in [1.807, 2.05) is 0 Å². The number of alkyl carbamates (subject to hydrolysis) is 1. The van der Waals surface area contributed by atoms with E-state index in [4.69, 9.17) is 5.11 Å². The van der Waals surface area contributed by atoms with Gasteiger partial charge in [-0.1, -0.05) is 13.8 Å². The van der Waals surface area contributed by atoms with Gasteiger partial charge in [0.25, 0.3) is 0 Å². The number of hydrogen-bond donors (Lipinski definition) is 2. The van der Waals surface area contributed by atoms with E-state index in [0.29, 0.717) is 0 Å². The summed E-state index contributed by atoms with van der Waals surface area (Å²) >= 11 is 0. The molecule has 0 bridgehead atoms. The summed E-state index contributed by atoms with van der Waals surface area (Å²) in [6.07, 6.45) is -1.37. The molecule has 0 aliphatic carbocycles. The SMILES string of the molecule is CC(C)C(=O)OCOC(=O)NC[C@H](C)O. The number of nitrogens with one attached hydrogen (secondary N) is 1. The van der Waals surface area contributed by atoms with Crippen molar-refractivity contribution in [1.29, 1.82) is 0 Å². The minimum absolute atomic E-state index is 0.0942. The van der Waals surface area contributed by atoms with E-state index in [0.717, 1.165) is 0 Å². The molecule has 0 aromatic rings. The molecule has 0 aromatic carbocycles. The Morgan fingerprint density at radius 2 is 1.87 bits per heavy atom. The average Bonchev–Trinajstić information content (AvgIpc) is 2.14. The summed E-state index contributed by atoms with van der Waals surface area (Å²) in [5.74, 6) is -0.688. The van der Waals surface area contributed by atoms with Gasteiger partial charge in [0, 0.05) is 6.54 Å². The quantitative estimate of drug-likeness (QED) is 0.511. The van der Waals surface area contributed by atoms with Crippen molar-refractivity contribution < 1.29 is 24.2 Å². The van der Waals surface area contributed by atoms with Crippen LogP contribution in [-0.4, -0.2) is 36.6 Å². The van der Waals surface area contributed by atoms with Crippen LogP contribution in [-0.2, 0) is 14.3 Å². The second kappa shape index (κ2) is 7.05. The van der Waals surface area contributed by atoms with Crippen LogP contribution in [0.1, 0.15) is 20.8 Å². The van der Waals surface area contributed by atoms with Gasteiger partial charge < -0.3 is 19.9 Å². The van der Waals surface area contributed by atoms with Crippen LogP contribution in [0.5, 0.6) is 0 Å². The fraction of sp³-hybridized carbons (Fsp3) is 0.778. The molecule has 0 rings (SSSR count). The standard InChI is InChI=1S/C9H17NO5/c1-6(2)8(12)14-5-15-9(13)10-4-7(3)11/h6-7,11H,4-5H2,1-3H3,(H,10,13)/t7-/m0/s1. The highest BCUT2D eigenvalue weighted by atomic mass is 16.7. The van der Waals surface area contributed by atoms with Gasteiger partial charge in [-0.15, -0.1) is 0 Å². The predicted molar refractivity (Wildman–Crippen MR) is 52.0 cm³/mol.